The largest absolute Gasteiger partial charge is 0.330 e. The number of rotatable bonds is 5. The van der Waals surface area contributed by atoms with Crippen LogP contribution < -0.4 is 5.73 Å². The lowest BCUT2D eigenvalue weighted by molar-refractivity contribution is 0.0983. The lowest BCUT2D eigenvalue weighted by Crippen LogP contribution is -2.11. The molecular formula is C11H13F2NO. The summed E-state index contributed by atoms with van der Waals surface area (Å²) in [5.74, 6) is -0.172. The number of nitrogens with two attached hydrogens (primary N) is 1. The Kier molecular flexibility index (Phi) is 4.37. The van der Waals surface area contributed by atoms with Crippen LogP contribution in [0.4, 0.5) is 8.78 Å². The molecule has 0 fully saturated rings. The van der Waals surface area contributed by atoms with Crippen LogP contribution in [0.3, 0.4) is 0 Å². The van der Waals surface area contributed by atoms with E-state index in [4.69, 9.17) is 5.73 Å². The molecule has 1 aromatic carbocycles. The summed E-state index contributed by atoms with van der Waals surface area (Å²) < 4.78 is 24.4. The van der Waals surface area contributed by atoms with Crippen molar-refractivity contribution in [3.8, 4) is 0 Å². The van der Waals surface area contributed by atoms with Crippen molar-refractivity contribution in [2.45, 2.75) is 19.3 Å². The highest BCUT2D eigenvalue weighted by atomic mass is 19.3. The molecule has 4 heteroatoms. The molecule has 0 spiro atoms. The Bertz CT molecular complexity index is 339. The quantitative estimate of drug-likeness (QED) is 0.760. The first-order valence-electron chi connectivity index (χ1n) is 4.74. The zero-order chi connectivity index (χ0) is 11.3. The molecule has 0 saturated carbocycles. The average molecular weight is 213 g/mol. The average Bonchev–Trinajstić information content (AvgIpc) is 2.18. The van der Waals surface area contributed by atoms with Gasteiger partial charge in [-0.1, -0.05) is 24.3 Å². The number of benzene rings is 1. The van der Waals surface area contributed by atoms with Crippen LogP contribution in [0.2, 0.25) is 0 Å². The first-order chi connectivity index (χ1) is 7.15. The highest BCUT2D eigenvalue weighted by molar-refractivity contribution is 5.97. The fraction of sp³-hybridized carbons (Fsp3) is 0.364. The first-order valence-corrected chi connectivity index (χ1v) is 4.74. The summed E-state index contributed by atoms with van der Waals surface area (Å²) in [5, 5.41) is 0. The molecule has 82 valence electrons. The van der Waals surface area contributed by atoms with Crippen LogP contribution in [-0.4, -0.2) is 18.8 Å². The summed E-state index contributed by atoms with van der Waals surface area (Å²) in [4.78, 5) is 11.5. The number of carbonyl (C=O) groups excluding carboxylic acids is 1. The van der Waals surface area contributed by atoms with Gasteiger partial charge in [-0.05, 0) is 12.1 Å². The molecule has 0 bridgehead atoms. The topological polar surface area (TPSA) is 43.1 Å². The van der Waals surface area contributed by atoms with Crippen molar-refractivity contribution in [1.29, 1.82) is 0 Å². The van der Waals surface area contributed by atoms with E-state index < -0.39 is 6.43 Å². The predicted octanol–water partition coefficient (Wildman–Crippen LogP) is 2.03. The second kappa shape index (κ2) is 5.56. The molecule has 1 aromatic rings. The van der Waals surface area contributed by atoms with E-state index in [0.29, 0.717) is 11.1 Å². The third-order valence-corrected chi connectivity index (χ3v) is 2.06. The van der Waals surface area contributed by atoms with Crippen LogP contribution in [0.15, 0.2) is 24.3 Å². The van der Waals surface area contributed by atoms with Gasteiger partial charge in [0.1, 0.15) is 0 Å². The number of Topliss-reactive ketones (excluding diaryl/α,β-unsaturated/α-hetero) is 1. The van der Waals surface area contributed by atoms with Gasteiger partial charge in [-0.25, -0.2) is 8.78 Å². The number of ketones is 1. The Hall–Kier alpha value is -1.29. The van der Waals surface area contributed by atoms with Crippen molar-refractivity contribution in [1.82, 2.24) is 0 Å². The van der Waals surface area contributed by atoms with E-state index in [-0.39, 0.29) is 25.2 Å². The second-order valence-electron chi connectivity index (χ2n) is 3.21. The van der Waals surface area contributed by atoms with Crippen molar-refractivity contribution < 1.29 is 13.6 Å². The van der Waals surface area contributed by atoms with E-state index in [1.807, 2.05) is 0 Å². The fourth-order valence-electron chi connectivity index (χ4n) is 1.40. The molecule has 0 radical (unpaired) electrons. The number of hydrogen-bond acceptors (Lipinski definition) is 2. The Morgan fingerprint density at radius 2 is 2.00 bits per heavy atom. The van der Waals surface area contributed by atoms with Crippen LogP contribution in [0.5, 0.6) is 0 Å². The van der Waals surface area contributed by atoms with E-state index in [0.717, 1.165) is 0 Å². The molecule has 0 unspecified atom stereocenters. The van der Waals surface area contributed by atoms with Crippen molar-refractivity contribution in [2.24, 2.45) is 5.73 Å². The first kappa shape index (κ1) is 11.8. The summed E-state index contributed by atoms with van der Waals surface area (Å²) in [6.45, 7) is 0.238. The van der Waals surface area contributed by atoms with Crippen LogP contribution in [0.1, 0.15) is 22.3 Å². The standard InChI is InChI=1S/C11H13F2NO/c12-11(13)7-8-3-1-2-4-9(8)10(15)5-6-14/h1-4,11H,5-7,14H2. The zero-order valence-electron chi connectivity index (χ0n) is 8.25. The van der Waals surface area contributed by atoms with Gasteiger partial charge in [-0.2, -0.15) is 0 Å². The smallest absolute Gasteiger partial charge is 0.242 e. The Morgan fingerprint density at radius 1 is 1.33 bits per heavy atom. The maximum absolute atomic E-state index is 12.2. The maximum atomic E-state index is 12.2. The molecule has 0 aromatic heterocycles. The summed E-state index contributed by atoms with van der Waals surface area (Å²) >= 11 is 0. The minimum absolute atomic E-state index is 0.172. The van der Waals surface area contributed by atoms with Crippen LogP contribution in [-0.2, 0) is 6.42 Å². The Morgan fingerprint density at radius 3 is 2.60 bits per heavy atom. The number of alkyl halides is 2. The van der Waals surface area contributed by atoms with E-state index in [1.165, 1.54) is 0 Å². The summed E-state index contributed by atoms with van der Waals surface area (Å²) in [7, 11) is 0. The minimum Gasteiger partial charge on any atom is -0.330 e. The number of hydrogen-bond donors (Lipinski definition) is 1. The molecule has 0 amide bonds. The van der Waals surface area contributed by atoms with Gasteiger partial charge in [-0.15, -0.1) is 0 Å². The second-order valence-corrected chi connectivity index (χ2v) is 3.21. The third kappa shape index (κ3) is 3.40. The van der Waals surface area contributed by atoms with Crippen molar-refractivity contribution >= 4 is 5.78 Å². The van der Waals surface area contributed by atoms with Gasteiger partial charge < -0.3 is 5.73 Å². The molecule has 0 heterocycles. The summed E-state index contributed by atoms with van der Waals surface area (Å²) in [5.41, 5.74) is 6.01. The highest BCUT2D eigenvalue weighted by Crippen LogP contribution is 2.14. The van der Waals surface area contributed by atoms with Gasteiger partial charge in [0.05, 0.1) is 0 Å². The molecular weight excluding hydrogens is 200 g/mol. The van der Waals surface area contributed by atoms with Gasteiger partial charge in [0.15, 0.2) is 5.78 Å². The van der Waals surface area contributed by atoms with E-state index >= 15 is 0 Å². The molecule has 15 heavy (non-hydrogen) atoms. The highest BCUT2D eigenvalue weighted by Gasteiger charge is 2.13. The predicted molar refractivity (Wildman–Crippen MR) is 54.2 cm³/mol. The zero-order valence-corrected chi connectivity index (χ0v) is 8.25. The molecule has 0 atom stereocenters. The summed E-state index contributed by atoms with van der Waals surface area (Å²) in [6, 6.07) is 6.43. The van der Waals surface area contributed by atoms with E-state index in [1.54, 1.807) is 24.3 Å². The molecule has 2 N–H and O–H groups in total. The van der Waals surface area contributed by atoms with Crippen molar-refractivity contribution in [2.75, 3.05) is 6.54 Å². The van der Waals surface area contributed by atoms with Crippen molar-refractivity contribution in [3.05, 3.63) is 35.4 Å². The van der Waals surface area contributed by atoms with E-state index in [2.05, 4.69) is 0 Å². The van der Waals surface area contributed by atoms with Gasteiger partial charge in [0, 0.05) is 18.4 Å². The van der Waals surface area contributed by atoms with Gasteiger partial charge in [0.2, 0.25) is 6.43 Å². The molecule has 1 rings (SSSR count). The molecule has 0 saturated heterocycles. The molecule has 0 aliphatic rings. The van der Waals surface area contributed by atoms with Crippen LogP contribution >= 0.6 is 0 Å². The number of carbonyl (C=O) groups is 1. The molecule has 2 nitrogen and oxygen atoms in total. The maximum Gasteiger partial charge on any atom is 0.242 e. The van der Waals surface area contributed by atoms with Gasteiger partial charge in [0.25, 0.3) is 0 Å². The van der Waals surface area contributed by atoms with Crippen LogP contribution in [0.25, 0.3) is 0 Å². The van der Waals surface area contributed by atoms with Crippen molar-refractivity contribution in [3.63, 3.8) is 0 Å². The Balaban J connectivity index is 2.90. The SMILES string of the molecule is NCCC(=O)c1ccccc1CC(F)F. The number of halogens is 2. The van der Waals surface area contributed by atoms with Gasteiger partial charge in [-0.3, -0.25) is 4.79 Å². The molecule has 0 aliphatic carbocycles. The fourth-order valence-corrected chi connectivity index (χ4v) is 1.40. The Labute approximate surface area is 87.1 Å². The lowest BCUT2D eigenvalue weighted by Gasteiger charge is -2.07. The third-order valence-electron chi connectivity index (χ3n) is 2.06. The minimum atomic E-state index is -2.43. The van der Waals surface area contributed by atoms with Crippen LogP contribution in [0, 0.1) is 0 Å². The normalized spacial score (nSPS) is 10.7. The summed E-state index contributed by atoms with van der Waals surface area (Å²) in [6.07, 6.45) is -2.62. The monoisotopic (exact) mass is 213 g/mol. The van der Waals surface area contributed by atoms with E-state index in [9.17, 15) is 13.6 Å². The van der Waals surface area contributed by atoms with Gasteiger partial charge >= 0.3 is 0 Å². The lowest BCUT2D eigenvalue weighted by atomic mass is 9.99. The molecule has 0 aliphatic heterocycles.